The Morgan fingerprint density at radius 3 is 2.90 bits per heavy atom. The van der Waals surface area contributed by atoms with Crippen molar-refractivity contribution in [3.8, 4) is 5.75 Å². The molecule has 0 spiro atoms. The van der Waals surface area contributed by atoms with Crippen LogP contribution in [0.2, 0.25) is 0 Å². The second-order valence-electron chi connectivity index (χ2n) is 4.81. The molecule has 1 heterocycles. The van der Waals surface area contributed by atoms with Crippen LogP contribution in [-0.2, 0) is 11.2 Å². The van der Waals surface area contributed by atoms with Gasteiger partial charge >= 0.3 is 0 Å². The summed E-state index contributed by atoms with van der Waals surface area (Å²) in [6.45, 7) is 4.16. The van der Waals surface area contributed by atoms with Crippen molar-refractivity contribution in [1.29, 1.82) is 0 Å². The maximum atomic E-state index is 12.0. The molecule has 0 bridgehead atoms. The van der Waals surface area contributed by atoms with E-state index in [1.54, 1.807) is 7.11 Å². The Hall–Kier alpha value is -1.88. The summed E-state index contributed by atoms with van der Waals surface area (Å²) in [7, 11) is 1.61. The predicted molar refractivity (Wildman–Crippen MR) is 81.5 cm³/mol. The molecule has 1 aromatic heterocycles. The van der Waals surface area contributed by atoms with Crippen molar-refractivity contribution < 1.29 is 9.53 Å². The van der Waals surface area contributed by atoms with Gasteiger partial charge in [-0.15, -0.1) is 11.3 Å². The van der Waals surface area contributed by atoms with E-state index in [0.717, 1.165) is 17.0 Å². The van der Waals surface area contributed by atoms with Crippen LogP contribution in [0.5, 0.6) is 5.75 Å². The molecular weight excluding hydrogens is 272 g/mol. The molecule has 1 N–H and O–H groups in total. The number of thiazole rings is 1. The molecule has 0 aliphatic heterocycles. The quantitative estimate of drug-likeness (QED) is 0.917. The van der Waals surface area contributed by atoms with Crippen LogP contribution >= 0.6 is 11.3 Å². The van der Waals surface area contributed by atoms with Gasteiger partial charge in [-0.1, -0.05) is 26.0 Å². The number of rotatable bonds is 5. The van der Waals surface area contributed by atoms with Crippen LogP contribution in [0.1, 0.15) is 31.0 Å². The number of hydrogen-bond acceptors (Lipinski definition) is 4. The first-order valence-electron chi connectivity index (χ1n) is 6.46. The second kappa shape index (κ2) is 6.52. The van der Waals surface area contributed by atoms with Crippen molar-refractivity contribution in [2.75, 3.05) is 12.4 Å². The van der Waals surface area contributed by atoms with Gasteiger partial charge in [0.2, 0.25) is 5.91 Å². The van der Waals surface area contributed by atoms with Gasteiger partial charge in [-0.05, 0) is 23.6 Å². The van der Waals surface area contributed by atoms with E-state index in [1.807, 2.05) is 29.6 Å². The minimum absolute atomic E-state index is 0.0668. The van der Waals surface area contributed by atoms with Crippen LogP contribution in [-0.4, -0.2) is 18.0 Å². The second-order valence-corrected chi connectivity index (χ2v) is 5.67. The third-order valence-electron chi connectivity index (χ3n) is 2.86. The van der Waals surface area contributed by atoms with E-state index in [2.05, 4.69) is 24.1 Å². The minimum Gasteiger partial charge on any atom is -0.497 e. The molecule has 2 aromatic rings. The summed E-state index contributed by atoms with van der Waals surface area (Å²) in [6.07, 6.45) is 0.313. The van der Waals surface area contributed by atoms with Crippen molar-refractivity contribution in [3.63, 3.8) is 0 Å². The summed E-state index contributed by atoms with van der Waals surface area (Å²) >= 11 is 1.46. The average molecular weight is 290 g/mol. The molecule has 2 rings (SSSR count). The number of aromatic nitrogens is 1. The molecule has 0 fully saturated rings. The van der Waals surface area contributed by atoms with Crippen molar-refractivity contribution in [1.82, 2.24) is 4.98 Å². The van der Waals surface area contributed by atoms with Crippen LogP contribution in [0, 0.1) is 0 Å². The lowest BCUT2D eigenvalue weighted by atomic mass is 10.1. The van der Waals surface area contributed by atoms with E-state index in [9.17, 15) is 4.79 Å². The Labute approximate surface area is 122 Å². The molecular formula is C15H18N2O2S. The lowest BCUT2D eigenvalue weighted by Crippen LogP contribution is -2.14. The number of hydrogen-bond donors (Lipinski definition) is 1. The molecule has 0 aliphatic carbocycles. The standard InChI is InChI=1S/C15H18N2O2S/c1-10(2)13-9-20-15(16-13)17-14(18)8-11-5-4-6-12(7-11)19-3/h4-7,9-10H,8H2,1-3H3,(H,16,17,18). The van der Waals surface area contributed by atoms with Crippen molar-refractivity contribution in [2.45, 2.75) is 26.2 Å². The first-order chi connectivity index (χ1) is 9.58. The van der Waals surface area contributed by atoms with E-state index >= 15 is 0 Å². The number of amides is 1. The van der Waals surface area contributed by atoms with Crippen molar-refractivity contribution in [3.05, 3.63) is 40.9 Å². The SMILES string of the molecule is COc1cccc(CC(=O)Nc2nc(C(C)C)cs2)c1. The van der Waals surface area contributed by atoms with Gasteiger partial charge in [0.25, 0.3) is 0 Å². The average Bonchev–Trinajstić information content (AvgIpc) is 2.87. The molecule has 4 nitrogen and oxygen atoms in total. The fourth-order valence-electron chi connectivity index (χ4n) is 1.74. The van der Waals surface area contributed by atoms with Gasteiger partial charge in [-0.3, -0.25) is 4.79 Å². The summed E-state index contributed by atoms with van der Waals surface area (Å²) in [5, 5.41) is 5.46. The van der Waals surface area contributed by atoms with Gasteiger partial charge in [0.05, 0.1) is 19.2 Å². The third-order valence-corrected chi connectivity index (χ3v) is 3.63. The summed E-state index contributed by atoms with van der Waals surface area (Å²) in [5.74, 6) is 1.06. The first-order valence-corrected chi connectivity index (χ1v) is 7.34. The van der Waals surface area contributed by atoms with E-state index in [1.165, 1.54) is 11.3 Å². The van der Waals surface area contributed by atoms with E-state index in [4.69, 9.17) is 4.74 Å². The highest BCUT2D eigenvalue weighted by Gasteiger charge is 2.09. The zero-order valence-corrected chi connectivity index (χ0v) is 12.7. The Morgan fingerprint density at radius 2 is 2.25 bits per heavy atom. The molecule has 1 amide bonds. The number of carbonyl (C=O) groups is 1. The molecule has 0 atom stereocenters. The van der Waals surface area contributed by atoms with E-state index in [-0.39, 0.29) is 5.91 Å². The summed E-state index contributed by atoms with van der Waals surface area (Å²) in [6, 6.07) is 7.50. The fourth-order valence-corrected chi connectivity index (χ4v) is 2.63. The maximum Gasteiger partial charge on any atom is 0.230 e. The number of carbonyl (C=O) groups excluding carboxylic acids is 1. The molecule has 5 heteroatoms. The molecule has 0 radical (unpaired) electrons. The number of benzene rings is 1. The monoisotopic (exact) mass is 290 g/mol. The Kier molecular flexibility index (Phi) is 4.74. The Morgan fingerprint density at radius 1 is 1.45 bits per heavy atom. The Balaban J connectivity index is 1.97. The van der Waals surface area contributed by atoms with Gasteiger partial charge in [0, 0.05) is 5.38 Å². The third kappa shape index (κ3) is 3.81. The molecule has 20 heavy (non-hydrogen) atoms. The van der Waals surface area contributed by atoms with Crippen LogP contribution in [0.15, 0.2) is 29.6 Å². The molecule has 1 aromatic carbocycles. The number of methoxy groups -OCH3 is 1. The molecule has 0 saturated carbocycles. The lowest BCUT2D eigenvalue weighted by molar-refractivity contribution is -0.115. The van der Waals surface area contributed by atoms with Crippen LogP contribution in [0.4, 0.5) is 5.13 Å². The summed E-state index contributed by atoms with van der Waals surface area (Å²) in [4.78, 5) is 16.4. The first kappa shape index (κ1) is 14.5. The number of ether oxygens (including phenoxy) is 1. The molecule has 0 aliphatic rings. The zero-order chi connectivity index (χ0) is 14.5. The Bertz CT molecular complexity index is 593. The summed E-state index contributed by atoms with van der Waals surface area (Å²) in [5.41, 5.74) is 1.93. The number of nitrogens with zero attached hydrogens (tertiary/aromatic N) is 1. The number of anilines is 1. The summed E-state index contributed by atoms with van der Waals surface area (Å²) < 4.78 is 5.14. The zero-order valence-electron chi connectivity index (χ0n) is 11.8. The molecule has 0 saturated heterocycles. The van der Waals surface area contributed by atoms with Crippen LogP contribution in [0.3, 0.4) is 0 Å². The van der Waals surface area contributed by atoms with Crippen molar-refractivity contribution in [2.24, 2.45) is 0 Å². The normalized spacial score (nSPS) is 10.6. The smallest absolute Gasteiger partial charge is 0.230 e. The van der Waals surface area contributed by atoms with Crippen LogP contribution in [0.25, 0.3) is 0 Å². The van der Waals surface area contributed by atoms with Gasteiger partial charge < -0.3 is 10.1 Å². The van der Waals surface area contributed by atoms with E-state index in [0.29, 0.717) is 17.5 Å². The van der Waals surface area contributed by atoms with Gasteiger partial charge in [-0.2, -0.15) is 0 Å². The largest absolute Gasteiger partial charge is 0.497 e. The highest BCUT2D eigenvalue weighted by Crippen LogP contribution is 2.21. The van der Waals surface area contributed by atoms with Gasteiger partial charge in [0.15, 0.2) is 5.13 Å². The highest BCUT2D eigenvalue weighted by molar-refractivity contribution is 7.13. The molecule has 106 valence electrons. The number of nitrogens with one attached hydrogen (secondary N) is 1. The highest BCUT2D eigenvalue weighted by atomic mass is 32.1. The minimum atomic E-state index is -0.0668. The lowest BCUT2D eigenvalue weighted by Gasteiger charge is -2.04. The topological polar surface area (TPSA) is 51.2 Å². The predicted octanol–water partition coefficient (Wildman–Crippen LogP) is 3.46. The maximum absolute atomic E-state index is 12.0. The van der Waals surface area contributed by atoms with Crippen molar-refractivity contribution >= 4 is 22.4 Å². The fraction of sp³-hybridized carbons (Fsp3) is 0.333. The van der Waals surface area contributed by atoms with E-state index < -0.39 is 0 Å². The van der Waals surface area contributed by atoms with Gasteiger partial charge in [-0.25, -0.2) is 4.98 Å². The molecule has 0 unspecified atom stereocenters. The van der Waals surface area contributed by atoms with Gasteiger partial charge in [0.1, 0.15) is 5.75 Å². The van der Waals surface area contributed by atoms with Crippen LogP contribution < -0.4 is 10.1 Å².